The molecule has 2 amide bonds. The summed E-state index contributed by atoms with van der Waals surface area (Å²) in [5.74, 6) is 0.654. The summed E-state index contributed by atoms with van der Waals surface area (Å²) in [5.41, 5.74) is 2.25. The van der Waals surface area contributed by atoms with Crippen LogP contribution in [0.3, 0.4) is 0 Å². The van der Waals surface area contributed by atoms with Gasteiger partial charge in [-0.25, -0.2) is 0 Å². The quantitative estimate of drug-likeness (QED) is 0.817. The van der Waals surface area contributed by atoms with Gasteiger partial charge in [-0.05, 0) is 54.8 Å². The third-order valence-corrected chi connectivity index (χ3v) is 5.82. The van der Waals surface area contributed by atoms with Gasteiger partial charge in [-0.3, -0.25) is 9.59 Å². The van der Waals surface area contributed by atoms with Crippen LogP contribution in [0.5, 0.6) is 5.75 Å². The molecule has 1 saturated heterocycles. The van der Waals surface area contributed by atoms with Crippen molar-refractivity contribution >= 4 is 35.3 Å². The Kier molecular flexibility index (Phi) is 4.90. The third-order valence-electron chi connectivity index (χ3n) is 4.73. The number of methoxy groups -OCH3 is 1. The molecule has 2 aromatic carbocycles. The number of carbonyl (C=O) groups excluding carboxylic acids is 2. The monoisotopic (exact) mass is 380 g/mol. The van der Waals surface area contributed by atoms with Gasteiger partial charge in [-0.2, -0.15) is 0 Å². The molecule has 1 fully saturated rings. The lowest BCUT2D eigenvalue weighted by molar-refractivity contribution is -0.112. The number of ether oxygens (including phenoxy) is 1. The normalized spacial score (nSPS) is 17.6. The summed E-state index contributed by atoms with van der Waals surface area (Å²) >= 11 is 1.42. The Morgan fingerprint density at radius 2 is 1.89 bits per heavy atom. The van der Waals surface area contributed by atoms with Gasteiger partial charge in [0.1, 0.15) is 5.75 Å². The lowest BCUT2D eigenvalue weighted by Gasteiger charge is -2.21. The average Bonchev–Trinajstić information content (AvgIpc) is 3.23. The van der Waals surface area contributed by atoms with Crippen molar-refractivity contribution in [2.24, 2.45) is 0 Å². The molecule has 5 nitrogen and oxygen atoms in total. The van der Waals surface area contributed by atoms with E-state index in [1.807, 2.05) is 47.4 Å². The predicted octanol–water partition coefficient (Wildman–Crippen LogP) is 4.02. The zero-order valence-electron chi connectivity index (χ0n) is 15.0. The summed E-state index contributed by atoms with van der Waals surface area (Å²) in [4.78, 5) is 28.5. The Morgan fingerprint density at radius 3 is 2.59 bits per heavy atom. The first-order valence-electron chi connectivity index (χ1n) is 8.92. The number of benzene rings is 2. The van der Waals surface area contributed by atoms with Crippen LogP contribution in [-0.4, -0.2) is 36.9 Å². The van der Waals surface area contributed by atoms with Crippen molar-refractivity contribution in [3.05, 3.63) is 58.5 Å². The van der Waals surface area contributed by atoms with Gasteiger partial charge in [-0.1, -0.05) is 23.9 Å². The van der Waals surface area contributed by atoms with Crippen molar-refractivity contribution in [1.29, 1.82) is 0 Å². The van der Waals surface area contributed by atoms with E-state index in [2.05, 4.69) is 5.32 Å². The second-order valence-corrected chi connectivity index (χ2v) is 7.63. The highest BCUT2D eigenvalue weighted by Crippen LogP contribution is 2.39. The predicted molar refractivity (Wildman–Crippen MR) is 107 cm³/mol. The van der Waals surface area contributed by atoms with Crippen molar-refractivity contribution in [2.75, 3.05) is 25.5 Å². The number of likely N-dealkylation sites (tertiary alicyclic amines) is 1. The fourth-order valence-electron chi connectivity index (χ4n) is 3.25. The first-order valence-corrected chi connectivity index (χ1v) is 9.74. The molecular weight excluding hydrogens is 360 g/mol. The van der Waals surface area contributed by atoms with Crippen LogP contribution in [0.15, 0.2) is 52.3 Å². The van der Waals surface area contributed by atoms with Gasteiger partial charge in [0.05, 0.1) is 17.7 Å². The Bertz CT molecular complexity index is 916. The largest absolute Gasteiger partial charge is 0.497 e. The molecule has 1 N–H and O–H groups in total. The number of rotatable bonds is 3. The SMILES string of the molecule is COc1ccc(/C=C2/Sc3ccc(C(=O)N4CCCC4)cc3NC2=O)cc1. The minimum absolute atomic E-state index is 0.0362. The van der Waals surface area contributed by atoms with Crippen LogP contribution in [0.25, 0.3) is 6.08 Å². The van der Waals surface area contributed by atoms with Gasteiger partial charge < -0.3 is 15.0 Å². The fraction of sp³-hybridized carbons (Fsp3) is 0.238. The maximum atomic E-state index is 12.6. The Hall–Kier alpha value is -2.73. The molecule has 0 bridgehead atoms. The topological polar surface area (TPSA) is 58.6 Å². The molecule has 0 atom stereocenters. The fourth-order valence-corrected chi connectivity index (χ4v) is 4.18. The first-order chi connectivity index (χ1) is 13.1. The highest BCUT2D eigenvalue weighted by Gasteiger charge is 2.24. The third kappa shape index (κ3) is 3.71. The van der Waals surface area contributed by atoms with E-state index < -0.39 is 0 Å². The van der Waals surface area contributed by atoms with E-state index in [-0.39, 0.29) is 11.8 Å². The van der Waals surface area contributed by atoms with Crippen molar-refractivity contribution in [1.82, 2.24) is 4.90 Å². The van der Waals surface area contributed by atoms with Gasteiger partial charge in [0, 0.05) is 23.5 Å². The maximum Gasteiger partial charge on any atom is 0.262 e. The first kappa shape index (κ1) is 17.7. The van der Waals surface area contributed by atoms with Crippen molar-refractivity contribution in [3.63, 3.8) is 0 Å². The molecule has 2 aliphatic heterocycles. The van der Waals surface area contributed by atoms with Crippen molar-refractivity contribution < 1.29 is 14.3 Å². The second kappa shape index (κ2) is 7.48. The highest BCUT2D eigenvalue weighted by molar-refractivity contribution is 8.04. The van der Waals surface area contributed by atoms with Gasteiger partial charge >= 0.3 is 0 Å². The van der Waals surface area contributed by atoms with Gasteiger partial charge in [0.25, 0.3) is 11.8 Å². The van der Waals surface area contributed by atoms with E-state index in [0.717, 1.165) is 42.1 Å². The molecule has 2 heterocycles. The molecule has 2 aromatic rings. The molecule has 0 saturated carbocycles. The number of amides is 2. The number of thioether (sulfide) groups is 1. The van der Waals surface area contributed by atoms with Gasteiger partial charge in [0.15, 0.2) is 0 Å². The Labute approximate surface area is 162 Å². The molecular formula is C21H20N2O3S. The van der Waals surface area contributed by atoms with Crippen LogP contribution in [0.4, 0.5) is 5.69 Å². The van der Waals surface area contributed by atoms with Crippen LogP contribution in [0.2, 0.25) is 0 Å². The van der Waals surface area contributed by atoms with E-state index in [1.54, 1.807) is 13.2 Å². The molecule has 0 aliphatic carbocycles. The molecule has 4 rings (SSSR count). The molecule has 0 unspecified atom stereocenters. The van der Waals surface area contributed by atoms with E-state index in [4.69, 9.17) is 4.74 Å². The van der Waals surface area contributed by atoms with Crippen molar-refractivity contribution in [2.45, 2.75) is 17.7 Å². The summed E-state index contributed by atoms with van der Waals surface area (Å²) in [6.45, 7) is 1.62. The van der Waals surface area contributed by atoms with Crippen LogP contribution < -0.4 is 10.1 Å². The molecule has 6 heteroatoms. The number of hydrogen-bond donors (Lipinski definition) is 1. The number of fused-ring (bicyclic) bond motifs is 1. The molecule has 0 radical (unpaired) electrons. The second-order valence-electron chi connectivity index (χ2n) is 6.55. The van der Waals surface area contributed by atoms with E-state index in [0.29, 0.717) is 16.2 Å². The van der Waals surface area contributed by atoms with E-state index in [9.17, 15) is 9.59 Å². The smallest absolute Gasteiger partial charge is 0.262 e. The molecule has 138 valence electrons. The van der Waals surface area contributed by atoms with Crippen LogP contribution in [0.1, 0.15) is 28.8 Å². The summed E-state index contributed by atoms with van der Waals surface area (Å²) in [6, 6.07) is 13.1. The zero-order chi connectivity index (χ0) is 18.8. The molecule has 27 heavy (non-hydrogen) atoms. The lowest BCUT2D eigenvalue weighted by atomic mass is 10.1. The lowest BCUT2D eigenvalue weighted by Crippen LogP contribution is -2.28. The number of hydrogen-bond acceptors (Lipinski definition) is 4. The molecule has 2 aliphatic rings. The summed E-state index contributed by atoms with van der Waals surface area (Å²) in [6.07, 6.45) is 3.97. The summed E-state index contributed by atoms with van der Waals surface area (Å²) in [7, 11) is 1.62. The van der Waals surface area contributed by atoms with Crippen LogP contribution in [0, 0.1) is 0 Å². The number of nitrogens with zero attached hydrogens (tertiary/aromatic N) is 1. The van der Waals surface area contributed by atoms with Gasteiger partial charge in [0.2, 0.25) is 0 Å². The van der Waals surface area contributed by atoms with Crippen LogP contribution >= 0.6 is 11.8 Å². The zero-order valence-corrected chi connectivity index (χ0v) is 15.8. The van der Waals surface area contributed by atoms with Gasteiger partial charge in [-0.15, -0.1) is 0 Å². The standard InChI is InChI=1S/C21H20N2O3S/c1-26-16-7-4-14(5-8-16)12-19-20(24)22-17-13-15(6-9-18(17)27-19)21(25)23-10-2-3-11-23/h4-9,12-13H,2-3,10-11H2,1H3,(H,22,24)/b19-12+. The Morgan fingerprint density at radius 1 is 1.15 bits per heavy atom. The number of anilines is 1. The maximum absolute atomic E-state index is 12.6. The van der Waals surface area contributed by atoms with E-state index in [1.165, 1.54) is 11.8 Å². The summed E-state index contributed by atoms with van der Waals surface area (Å²) < 4.78 is 5.16. The van der Waals surface area contributed by atoms with Crippen LogP contribution in [-0.2, 0) is 4.79 Å². The number of carbonyl (C=O) groups is 2. The van der Waals surface area contributed by atoms with Crippen molar-refractivity contribution in [3.8, 4) is 5.75 Å². The number of nitrogens with one attached hydrogen (secondary N) is 1. The average molecular weight is 380 g/mol. The minimum atomic E-state index is -0.158. The highest BCUT2D eigenvalue weighted by atomic mass is 32.2. The molecule has 0 aromatic heterocycles. The minimum Gasteiger partial charge on any atom is -0.497 e. The molecule has 0 spiro atoms. The summed E-state index contributed by atoms with van der Waals surface area (Å²) in [5, 5.41) is 2.92. The Balaban J connectivity index is 1.56. The van der Waals surface area contributed by atoms with E-state index >= 15 is 0 Å².